The maximum Gasteiger partial charge on any atom is 0.338 e. The Labute approximate surface area is 153 Å². The number of nitrogens with one attached hydrogen (secondary N) is 1. The second kappa shape index (κ2) is 8.89. The van der Waals surface area contributed by atoms with E-state index in [0.717, 1.165) is 17.0 Å². The molecule has 2 rings (SSSR count). The van der Waals surface area contributed by atoms with E-state index < -0.39 is 12.1 Å². The van der Waals surface area contributed by atoms with Crippen molar-refractivity contribution in [1.82, 2.24) is 5.32 Å². The van der Waals surface area contributed by atoms with E-state index in [1.165, 1.54) is 0 Å². The van der Waals surface area contributed by atoms with Crippen LogP contribution in [0.4, 0.5) is 5.69 Å². The summed E-state index contributed by atoms with van der Waals surface area (Å²) >= 11 is 0. The van der Waals surface area contributed by atoms with Crippen molar-refractivity contribution in [2.24, 2.45) is 0 Å². The zero-order valence-electron chi connectivity index (χ0n) is 15.5. The summed E-state index contributed by atoms with van der Waals surface area (Å²) in [6, 6.07) is 14.4. The number of methoxy groups -OCH3 is 1. The second-order valence-corrected chi connectivity index (χ2v) is 6.06. The minimum Gasteiger partial charge on any atom is -0.497 e. The van der Waals surface area contributed by atoms with Gasteiger partial charge in [0.15, 0.2) is 6.10 Å². The Kier molecular flexibility index (Phi) is 6.60. The highest BCUT2D eigenvalue weighted by Gasteiger charge is 2.19. The molecule has 0 saturated carbocycles. The van der Waals surface area contributed by atoms with Crippen LogP contribution in [0.2, 0.25) is 0 Å². The lowest BCUT2D eigenvalue weighted by atomic mass is 10.2. The van der Waals surface area contributed by atoms with Gasteiger partial charge in [0, 0.05) is 26.3 Å². The largest absolute Gasteiger partial charge is 0.497 e. The number of amides is 1. The minimum atomic E-state index is -0.885. The van der Waals surface area contributed by atoms with Crippen LogP contribution in [0.25, 0.3) is 0 Å². The zero-order valence-corrected chi connectivity index (χ0v) is 15.5. The van der Waals surface area contributed by atoms with Gasteiger partial charge in [-0.3, -0.25) is 4.79 Å². The van der Waals surface area contributed by atoms with Crippen molar-refractivity contribution < 1.29 is 19.1 Å². The minimum absolute atomic E-state index is 0.348. The molecule has 0 aliphatic heterocycles. The molecule has 1 amide bonds. The van der Waals surface area contributed by atoms with Crippen LogP contribution in [0.15, 0.2) is 48.5 Å². The van der Waals surface area contributed by atoms with Crippen molar-refractivity contribution in [3.8, 4) is 5.75 Å². The number of carbonyl (C=O) groups excluding carboxylic acids is 2. The number of ether oxygens (including phenoxy) is 2. The van der Waals surface area contributed by atoms with E-state index in [0.29, 0.717) is 12.1 Å². The summed E-state index contributed by atoms with van der Waals surface area (Å²) in [6.45, 7) is 1.90. The molecule has 2 aromatic rings. The summed E-state index contributed by atoms with van der Waals surface area (Å²) in [4.78, 5) is 26.3. The highest BCUT2D eigenvalue weighted by Crippen LogP contribution is 2.15. The van der Waals surface area contributed by atoms with Crippen LogP contribution < -0.4 is 15.0 Å². The average Bonchev–Trinajstić information content (AvgIpc) is 2.66. The third kappa shape index (κ3) is 5.24. The molecule has 0 saturated heterocycles. The first-order valence-electron chi connectivity index (χ1n) is 8.29. The lowest BCUT2D eigenvalue weighted by Gasteiger charge is -2.16. The lowest BCUT2D eigenvalue weighted by Crippen LogP contribution is -2.35. The smallest absolute Gasteiger partial charge is 0.338 e. The topological polar surface area (TPSA) is 67.9 Å². The molecule has 1 atom stereocenters. The van der Waals surface area contributed by atoms with Crippen molar-refractivity contribution in [2.75, 3.05) is 26.1 Å². The van der Waals surface area contributed by atoms with Gasteiger partial charge < -0.3 is 19.7 Å². The Morgan fingerprint density at radius 2 is 1.81 bits per heavy atom. The summed E-state index contributed by atoms with van der Waals surface area (Å²) < 4.78 is 10.4. The number of hydrogen-bond donors (Lipinski definition) is 1. The first kappa shape index (κ1) is 19.3. The molecule has 26 heavy (non-hydrogen) atoms. The normalized spacial score (nSPS) is 11.4. The molecule has 0 fully saturated rings. The molecule has 0 heterocycles. The van der Waals surface area contributed by atoms with Crippen LogP contribution in [0.5, 0.6) is 5.75 Å². The van der Waals surface area contributed by atoms with E-state index >= 15 is 0 Å². The number of benzene rings is 2. The molecule has 6 heteroatoms. The number of rotatable bonds is 7. The van der Waals surface area contributed by atoms with Crippen molar-refractivity contribution in [1.29, 1.82) is 0 Å². The summed E-state index contributed by atoms with van der Waals surface area (Å²) in [7, 11) is 5.38. The quantitative estimate of drug-likeness (QED) is 0.773. The Bertz CT molecular complexity index is 757. The molecular formula is C20H24N2O4. The first-order chi connectivity index (χ1) is 12.4. The Balaban J connectivity index is 1.89. The van der Waals surface area contributed by atoms with Crippen molar-refractivity contribution in [2.45, 2.75) is 19.6 Å². The highest BCUT2D eigenvalue weighted by molar-refractivity contribution is 5.93. The van der Waals surface area contributed by atoms with Crippen molar-refractivity contribution >= 4 is 17.6 Å². The number of carbonyl (C=O) groups is 2. The number of nitrogens with zero attached hydrogens (tertiary/aromatic N) is 1. The molecular weight excluding hydrogens is 332 g/mol. The summed E-state index contributed by atoms with van der Waals surface area (Å²) in [6.07, 6.45) is -0.885. The van der Waals surface area contributed by atoms with Crippen LogP contribution >= 0.6 is 0 Å². The fourth-order valence-electron chi connectivity index (χ4n) is 2.27. The third-order valence-corrected chi connectivity index (χ3v) is 3.88. The Hall–Kier alpha value is -3.02. The summed E-state index contributed by atoms with van der Waals surface area (Å²) in [5, 5.41) is 2.76. The highest BCUT2D eigenvalue weighted by atomic mass is 16.5. The van der Waals surface area contributed by atoms with Gasteiger partial charge in [-0.25, -0.2) is 4.79 Å². The van der Waals surface area contributed by atoms with Gasteiger partial charge in [0.2, 0.25) is 0 Å². The predicted molar refractivity (Wildman–Crippen MR) is 100 cm³/mol. The van der Waals surface area contributed by atoms with Gasteiger partial charge in [0.25, 0.3) is 5.91 Å². The molecule has 0 aromatic heterocycles. The fraction of sp³-hybridized carbons (Fsp3) is 0.300. The predicted octanol–water partition coefficient (Wildman–Crippen LogP) is 2.62. The van der Waals surface area contributed by atoms with Crippen LogP contribution in [-0.4, -0.2) is 39.2 Å². The number of hydrogen-bond acceptors (Lipinski definition) is 5. The van der Waals surface area contributed by atoms with Gasteiger partial charge in [-0.05, 0) is 42.8 Å². The third-order valence-electron chi connectivity index (χ3n) is 3.88. The molecule has 0 radical (unpaired) electrons. The van der Waals surface area contributed by atoms with Crippen molar-refractivity contribution in [3.63, 3.8) is 0 Å². The van der Waals surface area contributed by atoms with Crippen LogP contribution in [0.1, 0.15) is 22.8 Å². The maximum atomic E-state index is 12.2. The van der Waals surface area contributed by atoms with Gasteiger partial charge in [0.1, 0.15) is 5.75 Å². The summed E-state index contributed by atoms with van der Waals surface area (Å²) in [5.74, 6) is -0.124. The molecule has 6 nitrogen and oxygen atoms in total. The molecule has 0 bridgehead atoms. The van der Waals surface area contributed by atoms with Gasteiger partial charge in [0.05, 0.1) is 12.7 Å². The monoisotopic (exact) mass is 356 g/mol. The van der Waals surface area contributed by atoms with E-state index in [1.54, 1.807) is 32.2 Å². The second-order valence-electron chi connectivity index (χ2n) is 6.06. The van der Waals surface area contributed by atoms with Gasteiger partial charge >= 0.3 is 5.97 Å². The SMILES string of the molecule is COc1ccc(CNC(=O)[C@H](C)OC(=O)c2cccc(N(C)C)c2)cc1. The summed E-state index contributed by atoms with van der Waals surface area (Å²) in [5.41, 5.74) is 2.22. The molecule has 138 valence electrons. The molecule has 0 unspecified atom stereocenters. The van der Waals surface area contributed by atoms with Crippen LogP contribution in [0.3, 0.4) is 0 Å². The molecule has 0 aliphatic rings. The lowest BCUT2D eigenvalue weighted by molar-refractivity contribution is -0.129. The number of anilines is 1. The van der Waals surface area contributed by atoms with E-state index in [2.05, 4.69) is 5.32 Å². The Morgan fingerprint density at radius 3 is 2.42 bits per heavy atom. The number of esters is 1. The molecule has 0 spiro atoms. The molecule has 0 aliphatic carbocycles. The van der Waals surface area contributed by atoms with Gasteiger partial charge in [-0.15, -0.1) is 0 Å². The van der Waals surface area contributed by atoms with Crippen molar-refractivity contribution in [3.05, 3.63) is 59.7 Å². The average molecular weight is 356 g/mol. The van der Waals surface area contributed by atoms with E-state index in [1.807, 2.05) is 49.3 Å². The van der Waals surface area contributed by atoms with Gasteiger partial charge in [-0.2, -0.15) is 0 Å². The molecule has 1 N–H and O–H groups in total. The van der Waals surface area contributed by atoms with Crippen LogP contribution in [0, 0.1) is 0 Å². The Morgan fingerprint density at radius 1 is 1.12 bits per heavy atom. The zero-order chi connectivity index (χ0) is 19.1. The van der Waals surface area contributed by atoms with E-state index in [-0.39, 0.29) is 5.91 Å². The molecule has 2 aromatic carbocycles. The van der Waals surface area contributed by atoms with E-state index in [4.69, 9.17) is 9.47 Å². The van der Waals surface area contributed by atoms with E-state index in [9.17, 15) is 9.59 Å². The van der Waals surface area contributed by atoms with Gasteiger partial charge in [-0.1, -0.05) is 18.2 Å². The standard InChI is InChI=1S/C20H24N2O4/c1-14(19(23)21-13-15-8-10-18(25-4)11-9-15)26-20(24)16-6-5-7-17(12-16)22(2)3/h5-12,14H,13H2,1-4H3,(H,21,23)/t14-/m0/s1. The first-order valence-corrected chi connectivity index (χ1v) is 8.29. The maximum absolute atomic E-state index is 12.2. The fourth-order valence-corrected chi connectivity index (χ4v) is 2.27. The van der Waals surface area contributed by atoms with Crippen LogP contribution in [-0.2, 0) is 16.1 Å².